The van der Waals surface area contributed by atoms with Gasteiger partial charge in [0.1, 0.15) is 5.75 Å². The molecule has 0 saturated carbocycles. The van der Waals surface area contributed by atoms with Crippen LogP contribution in [0.1, 0.15) is 0 Å². The first-order valence-corrected chi connectivity index (χ1v) is 5.60. The number of carbonyl (C=O) groups excluding carboxylic acids is 1. The zero-order chi connectivity index (χ0) is 12.5. The number of ether oxygens (including phenoxy) is 1. The Balaban J connectivity index is 2.26. The van der Waals surface area contributed by atoms with Crippen LogP contribution in [0.5, 0.6) is 5.75 Å². The third kappa shape index (κ3) is 5.94. The van der Waals surface area contributed by atoms with Gasteiger partial charge in [-0.25, -0.2) is 0 Å². The molecule has 0 aliphatic heterocycles. The lowest BCUT2D eigenvalue weighted by atomic mass is 10.3. The van der Waals surface area contributed by atoms with Crippen LogP contribution < -0.4 is 15.8 Å². The molecule has 0 spiro atoms. The Morgan fingerprint density at radius 1 is 1.47 bits per heavy atom. The van der Waals surface area contributed by atoms with Gasteiger partial charge in [-0.15, -0.1) is 0 Å². The van der Waals surface area contributed by atoms with Crippen molar-refractivity contribution in [2.24, 2.45) is 5.73 Å². The fraction of sp³-hybridized carbons (Fsp3) is 0.250. The van der Waals surface area contributed by atoms with E-state index in [9.17, 15) is 4.79 Å². The normalized spacial score (nSPS) is 10.5. The van der Waals surface area contributed by atoms with Crippen LogP contribution in [0.15, 0.2) is 36.4 Å². The van der Waals surface area contributed by atoms with Gasteiger partial charge in [-0.05, 0) is 18.2 Å². The molecule has 0 aromatic heterocycles. The van der Waals surface area contributed by atoms with Crippen LogP contribution in [-0.2, 0) is 4.79 Å². The molecule has 1 rings (SSSR count). The molecule has 0 radical (unpaired) electrons. The van der Waals surface area contributed by atoms with Crippen molar-refractivity contribution < 1.29 is 9.53 Å². The van der Waals surface area contributed by atoms with Gasteiger partial charge in [-0.1, -0.05) is 29.8 Å². The molecule has 5 heteroatoms. The third-order valence-corrected chi connectivity index (χ3v) is 2.12. The van der Waals surface area contributed by atoms with Crippen molar-refractivity contribution in [3.8, 4) is 5.75 Å². The zero-order valence-electron chi connectivity index (χ0n) is 9.36. The second-order valence-corrected chi connectivity index (χ2v) is 3.69. The number of hydrogen-bond donors (Lipinski definition) is 2. The lowest BCUT2D eigenvalue weighted by Crippen LogP contribution is -2.28. The topological polar surface area (TPSA) is 64.3 Å². The molecule has 0 aliphatic rings. The molecule has 0 atom stereocenters. The molecule has 1 aromatic carbocycles. The van der Waals surface area contributed by atoms with Crippen molar-refractivity contribution in [3.05, 3.63) is 41.4 Å². The lowest BCUT2D eigenvalue weighted by Gasteiger charge is -2.06. The number of nitrogens with two attached hydrogens (primary N) is 1. The highest BCUT2D eigenvalue weighted by Gasteiger charge is 2.01. The predicted octanol–water partition coefficient (Wildman–Crippen LogP) is 1.35. The molecule has 0 heterocycles. The van der Waals surface area contributed by atoms with Gasteiger partial charge < -0.3 is 15.8 Å². The molecule has 17 heavy (non-hydrogen) atoms. The molecule has 1 aromatic rings. The van der Waals surface area contributed by atoms with Crippen molar-refractivity contribution in [3.63, 3.8) is 0 Å². The third-order valence-electron chi connectivity index (χ3n) is 1.89. The van der Waals surface area contributed by atoms with Crippen molar-refractivity contribution in [1.82, 2.24) is 5.32 Å². The summed E-state index contributed by atoms with van der Waals surface area (Å²) < 4.78 is 5.26. The van der Waals surface area contributed by atoms with Crippen LogP contribution in [-0.4, -0.2) is 25.6 Å². The Bertz CT molecular complexity index is 394. The van der Waals surface area contributed by atoms with E-state index in [2.05, 4.69) is 5.32 Å². The summed E-state index contributed by atoms with van der Waals surface area (Å²) >= 11 is 5.78. The highest BCUT2D eigenvalue weighted by Crippen LogP contribution is 2.16. The fourth-order valence-corrected chi connectivity index (χ4v) is 1.29. The summed E-state index contributed by atoms with van der Waals surface area (Å²) in [6.07, 6.45) is 3.56. The summed E-state index contributed by atoms with van der Waals surface area (Å²) in [5, 5.41) is 3.24. The second-order valence-electron chi connectivity index (χ2n) is 3.26. The van der Waals surface area contributed by atoms with E-state index < -0.39 is 0 Å². The number of hydrogen-bond acceptors (Lipinski definition) is 3. The number of halogens is 1. The van der Waals surface area contributed by atoms with E-state index in [-0.39, 0.29) is 12.5 Å². The van der Waals surface area contributed by atoms with E-state index >= 15 is 0 Å². The van der Waals surface area contributed by atoms with Crippen LogP contribution >= 0.6 is 11.6 Å². The standard InChI is InChI=1S/C12H15ClN2O2/c13-10-4-3-5-11(8-10)17-9-12(16)15-7-2-1-6-14/h1-5,8H,6-7,9,14H2,(H,15,16)/b2-1+. The Morgan fingerprint density at radius 2 is 2.29 bits per heavy atom. The summed E-state index contributed by atoms with van der Waals surface area (Å²) in [4.78, 5) is 11.3. The van der Waals surface area contributed by atoms with Crippen LogP contribution in [0.25, 0.3) is 0 Å². The minimum absolute atomic E-state index is 0.0309. The van der Waals surface area contributed by atoms with E-state index in [0.29, 0.717) is 23.9 Å². The van der Waals surface area contributed by atoms with Gasteiger partial charge in [0.15, 0.2) is 6.61 Å². The first-order chi connectivity index (χ1) is 8.22. The van der Waals surface area contributed by atoms with Gasteiger partial charge in [-0.3, -0.25) is 4.79 Å². The fourth-order valence-electron chi connectivity index (χ4n) is 1.11. The molecule has 92 valence electrons. The van der Waals surface area contributed by atoms with Gasteiger partial charge in [-0.2, -0.15) is 0 Å². The summed E-state index contributed by atoms with van der Waals surface area (Å²) in [6.45, 7) is 0.890. The maximum atomic E-state index is 11.3. The Labute approximate surface area is 105 Å². The highest BCUT2D eigenvalue weighted by atomic mass is 35.5. The largest absolute Gasteiger partial charge is 0.484 e. The van der Waals surface area contributed by atoms with E-state index in [1.165, 1.54) is 0 Å². The maximum Gasteiger partial charge on any atom is 0.258 e. The Hall–Kier alpha value is -1.52. The summed E-state index contributed by atoms with van der Waals surface area (Å²) in [5.41, 5.74) is 5.26. The molecule has 0 unspecified atom stereocenters. The number of carbonyl (C=O) groups is 1. The quantitative estimate of drug-likeness (QED) is 0.754. The predicted molar refractivity (Wildman–Crippen MR) is 68.2 cm³/mol. The van der Waals surface area contributed by atoms with Crippen LogP contribution in [0.3, 0.4) is 0 Å². The first kappa shape index (κ1) is 13.5. The summed E-state index contributed by atoms with van der Waals surface area (Å²) in [7, 11) is 0. The molecular formula is C12H15ClN2O2. The number of rotatable bonds is 6. The first-order valence-electron chi connectivity index (χ1n) is 5.22. The van der Waals surface area contributed by atoms with Crippen LogP contribution in [0, 0.1) is 0 Å². The van der Waals surface area contributed by atoms with Gasteiger partial charge in [0, 0.05) is 18.1 Å². The van der Waals surface area contributed by atoms with Gasteiger partial charge in [0.2, 0.25) is 0 Å². The van der Waals surface area contributed by atoms with E-state index in [1.807, 2.05) is 0 Å². The molecule has 0 saturated heterocycles. The molecule has 0 bridgehead atoms. The molecule has 4 nitrogen and oxygen atoms in total. The molecular weight excluding hydrogens is 240 g/mol. The van der Waals surface area contributed by atoms with Gasteiger partial charge in [0.25, 0.3) is 5.91 Å². The smallest absolute Gasteiger partial charge is 0.258 e. The average Bonchev–Trinajstić information content (AvgIpc) is 2.32. The van der Waals surface area contributed by atoms with Gasteiger partial charge >= 0.3 is 0 Å². The monoisotopic (exact) mass is 254 g/mol. The van der Waals surface area contributed by atoms with Crippen molar-refractivity contribution in [2.45, 2.75) is 0 Å². The average molecular weight is 255 g/mol. The minimum atomic E-state index is -0.188. The van der Waals surface area contributed by atoms with Crippen LogP contribution in [0.4, 0.5) is 0 Å². The SMILES string of the molecule is NC/C=C/CNC(=O)COc1cccc(Cl)c1. The maximum absolute atomic E-state index is 11.3. The number of benzene rings is 1. The molecule has 1 amide bonds. The molecule has 0 aliphatic carbocycles. The molecule has 0 fully saturated rings. The van der Waals surface area contributed by atoms with Crippen molar-refractivity contribution in [2.75, 3.05) is 19.7 Å². The number of amides is 1. The van der Waals surface area contributed by atoms with E-state index in [1.54, 1.807) is 36.4 Å². The van der Waals surface area contributed by atoms with Crippen molar-refractivity contribution in [1.29, 1.82) is 0 Å². The van der Waals surface area contributed by atoms with Gasteiger partial charge in [0.05, 0.1) is 0 Å². The van der Waals surface area contributed by atoms with Crippen molar-refractivity contribution >= 4 is 17.5 Å². The summed E-state index contributed by atoms with van der Waals surface area (Å²) in [5.74, 6) is 0.386. The Morgan fingerprint density at radius 3 is 3.00 bits per heavy atom. The van der Waals surface area contributed by atoms with E-state index in [4.69, 9.17) is 22.1 Å². The highest BCUT2D eigenvalue weighted by molar-refractivity contribution is 6.30. The summed E-state index contributed by atoms with van der Waals surface area (Å²) in [6, 6.07) is 6.91. The zero-order valence-corrected chi connectivity index (χ0v) is 10.1. The lowest BCUT2D eigenvalue weighted by molar-refractivity contribution is -0.122. The molecule has 3 N–H and O–H groups in total. The van der Waals surface area contributed by atoms with Crippen LogP contribution in [0.2, 0.25) is 5.02 Å². The number of nitrogens with one attached hydrogen (secondary N) is 1. The van der Waals surface area contributed by atoms with E-state index in [0.717, 1.165) is 0 Å². The minimum Gasteiger partial charge on any atom is -0.484 e. The second kappa shape index (κ2) is 7.70. The Kier molecular flexibility index (Phi) is 6.14.